The van der Waals surface area contributed by atoms with Gasteiger partial charge >= 0.3 is 14.4 Å². The van der Waals surface area contributed by atoms with E-state index >= 15 is 0 Å². The van der Waals surface area contributed by atoms with Crippen LogP contribution in [0.2, 0.25) is 5.04 Å². The Kier molecular flexibility index (Phi) is 8.57. The van der Waals surface area contributed by atoms with Gasteiger partial charge in [-0.1, -0.05) is 93.6 Å². The topological polar surface area (TPSA) is 50.8 Å². The molecule has 0 saturated carbocycles. The van der Waals surface area contributed by atoms with E-state index in [0.29, 0.717) is 6.54 Å². The van der Waals surface area contributed by atoms with Gasteiger partial charge in [-0.25, -0.2) is 4.79 Å². The number of carbonyl (C=O) groups is 1. The average molecular weight is 545 g/mol. The number of piperazine rings is 1. The highest BCUT2D eigenvalue weighted by Gasteiger charge is 2.52. The number of ether oxygens (including phenoxy) is 1. The number of carbonyl (C=O) groups excluding carboxylic acids is 1. The Bertz CT molecular complexity index is 1210. The molecule has 0 aliphatic carbocycles. The van der Waals surface area contributed by atoms with Gasteiger partial charge < -0.3 is 19.4 Å². The highest BCUT2D eigenvalue weighted by molar-refractivity contribution is 7.00. The number of benzene rings is 3. The summed E-state index contributed by atoms with van der Waals surface area (Å²) in [6.45, 7) is 16.9. The Hall–Kier alpha value is -3.09. The van der Waals surface area contributed by atoms with E-state index in [2.05, 4.69) is 112 Å². The van der Waals surface area contributed by atoms with Gasteiger partial charge in [-0.05, 0) is 66.7 Å². The van der Waals surface area contributed by atoms with Gasteiger partial charge in [0.15, 0.2) is 0 Å². The Labute approximate surface area is 235 Å². The summed E-state index contributed by atoms with van der Waals surface area (Å²) < 4.78 is 13.1. The molecule has 39 heavy (non-hydrogen) atoms. The predicted octanol–water partition coefficient (Wildman–Crippen LogP) is 5.69. The van der Waals surface area contributed by atoms with E-state index in [1.54, 1.807) is 0 Å². The van der Waals surface area contributed by atoms with Gasteiger partial charge in [0.1, 0.15) is 11.4 Å². The molecule has 6 heteroatoms. The molecule has 0 unspecified atom stereocenters. The van der Waals surface area contributed by atoms with Crippen LogP contribution in [0.15, 0.2) is 78.9 Å². The number of nitrogens with one attached hydrogen (secondary N) is 1. The molecule has 0 bridgehead atoms. The van der Waals surface area contributed by atoms with Crippen LogP contribution in [-0.2, 0) is 11.2 Å². The van der Waals surface area contributed by atoms with Crippen LogP contribution in [0.5, 0.6) is 5.75 Å². The van der Waals surface area contributed by atoms with Crippen molar-refractivity contribution < 1.29 is 14.0 Å². The highest BCUT2D eigenvalue weighted by Crippen LogP contribution is 2.38. The molecule has 1 aliphatic rings. The first kappa shape index (κ1) is 28.9. The molecule has 1 N–H and O–H groups in total. The lowest BCUT2D eigenvalue weighted by Gasteiger charge is -2.43. The van der Waals surface area contributed by atoms with Gasteiger partial charge in [0.25, 0.3) is 0 Å². The fourth-order valence-corrected chi connectivity index (χ4v) is 9.95. The molecular weight excluding hydrogens is 500 g/mol. The third-order valence-corrected chi connectivity index (χ3v) is 12.3. The number of hydrogen-bond acceptors (Lipinski definition) is 4. The van der Waals surface area contributed by atoms with Crippen LogP contribution >= 0.6 is 0 Å². The molecular formula is C33H44N2O3Si. The molecule has 5 nitrogen and oxygen atoms in total. The zero-order chi connectivity index (χ0) is 28.3. The van der Waals surface area contributed by atoms with Crippen molar-refractivity contribution in [1.82, 2.24) is 10.2 Å². The lowest BCUT2D eigenvalue weighted by Crippen LogP contribution is -2.68. The van der Waals surface area contributed by atoms with Gasteiger partial charge in [0, 0.05) is 19.6 Å². The summed E-state index contributed by atoms with van der Waals surface area (Å²) in [6, 6.07) is 28.0. The lowest BCUT2D eigenvalue weighted by molar-refractivity contribution is 0.0122. The number of hydrogen-bond donors (Lipinski definition) is 1. The van der Waals surface area contributed by atoms with Gasteiger partial charge in [0.05, 0.1) is 6.04 Å². The third-order valence-electron chi connectivity index (χ3n) is 7.38. The van der Waals surface area contributed by atoms with Crippen molar-refractivity contribution in [2.24, 2.45) is 0 Å². The molecule has 0 radical (unpaired) electrons. The standard InChI is InChI=1S/C33H44N2O3Si/c1-25-18-19-26(22-27-24-34-20-21-35(27)31(36)37-32(2,3)4)23-30(25)38-39(33(5,6)7,28-14-10-8-11-15-28)29-16-12-9-13-17-29/h8-19,23,27,34H,20-22,24H2,1-7H3/t27-/m1/s1. The zero-order valence-electron chi connectivity index (χ0n) is 24.6. The van der Waals surface area contributed by atoms with Crippen molar-refractivity contribution in [2.75, 3.05) is 19.6 Å². The van der Waals surface area contributed by atoms with E-state index in [1.165, 1.54) is 10.4 Å². The normalized spacial score (nSPS) is 16.6. The van der Waals surface area contributed by atoms with E-state index in [1.807, 2.05) is 25.7 Å². The van der Waals surface area contributed by atoms with Crippen molar-refractivity contribution in [3.63, 3.8) is 0 Å². The Morgan fingerprint density at radius 2 is 1.51 bits per heavy atom. The summed E-state index contributed by atoms with van der Waals surface area (Å²) in [6.07, 6.45) is 0.480. The van der Waals surface area contributed by atoms with E-state index in [0.717, 1.165) is 36.4 Å². The molecule has 3 aromatic rings. The van der Waals surface area contributed by atoms with Gasteiger partial charge in [-0.3, -0.25) is 0 Å². The van der Waals surface area contributed by atoms with Gasteiger partial charge in [-0.2, -0.15) is 0 Å². The second kappa shape index (κ2) is 11.6. The minimum Gasteiger partial charge on any atom is -0.534 e. The van der Waals surface area contributed by atoms with E-state index in [4.69, 9.17) is 9.16 Å². The van der Waals surface area contributed by atoms with Crippen LogP contribution < -0.4 is 20.1 Å². The third kappa shape index (κ3) is 6.56. The molecule has 1 fully saturated rings. The van der Waals surface area contributed by atoms with Crippen LogP contribution in [0.25, 0.3) is 0 Å². The monoisotopic (exact) mass is 544 g/mol. The predicted molar refractivity (Wildman–Crippen MR) is 163 cm³/mol. The largest absolute Gasteiger partial charge is 0.534 e. The van der Waals surface area contributed by atoms with Crippen molar-refractivity contribution in [2.45, 2.75) is 71.6 Å². The van der Waals surface area contributed by atoms with Crippen molar-refractivity contribution in [3.05, 3.63) is 90.0 Å². The molecule has 4 rings (SSSR count). The Morgan fingerprint density at radius 1 is 0.923 bits per heavy atom. The molecule has 1 saturated heterocycles. The first-order chi connectivity index (χ1) is 18.4. The second-order valence-corrected chi connectivity index (χ2v) is 16.8. The number of aryl methyl sites for hydroxylation is 1. The first-order valence-electron chi connectivity index (χ1n) is 14.0. The van der Waals surface area contributed by atoms with Crippen LogP contribution in [0, 0.1) is 6.92 Å². The van der Waals surface area contributed by atoms with E-state index < -0.39 is 13.9 Å². The number of rotatable bonds is 6. The molecule has 0 aromatic heterocycles. The van der Waals surface area contributed by atoms with Crippen molar-refractivity contribution >= 4 is 24.8 Å². The van der Waals surface area contributed by atoms with Crippen molar-refractivity contribution in [1.29, 1.82) is 0 Å². The van der Waals surface area contributed by atoms with E-state index in [9.17, 15) is 4.79 Å². The molecule has 1 amide bonds. The lowest BCUT2D eigenvalue weighted by atomic mass is 10.0. The SMILES string of the molecule is Cc1ccc(C[C@@H]2CNCCN2C(=O)OC(C)(C)C)cc1O[Si](c1ccccc1)(c1ccccc1)C(C)(C)C. The Balaban J connectivity index is 1.71. The minimum absolute atomic E-state index is 0.0111. The Morgan fingerprint density at radius 3 is 2.05 bits per heavy atom. The molecule has 3 aromatic carbocycles. The van der Waals surface area contributed by atoms with Crippen LogP contribution in [0.4, 0.5) is 4.79 Å². The maximum absolute atomic E-state index is 13.0. The smallest absolute Gasteiger partial charge is 0.410 e. The molecule has 1 atom stereocenters. The first-order valence-corrected chi connectivity index (χ1v) is 15.9. The average Bonchev–Trinajstić information content (AvgIpc) is 2.88. The fraction of sp³-hybridized carbons (Fsp3) is 0.424. The summed E-state index contributed by atoms with van der Waals surface area (Å²) in [7, 11) is -2.75. The van der Waals surface area contributed by atoms with Crippen LogP contribution in [-0.4, -0.2) is 50.6 Å². The van der Waals surface area contributed by atoms with Gasteiger partial charge in [0.2, 0.25) is 0 Å². The number of amides is 1. The molecule has 208 valence electrons. The second-order valence-electron chi connectivity index (χ2n) is 12.6. The van der Waals surface area contributed by atoms with Crippen molar-refractivity contribution in [3.8, 4) is 5.75 Å². The van der Waals surface area contributed by atoms with Gasteiger partial charge in [-0.15, -0.1) is 0 Å². The number of nitrogens with zero attached hydrogens (tertiary/aromatic N) is 1. The summed E-state index contributed by atoms with van der Waals surface area (Å²) in [5.41, 5.74) is 1.74. The van der Waals surface area contributed by atoms with Crippen LogP contribution in [0.1, 0.15) is 52.7 Å². The fourth-order valence-electron chi connectivity index (χ4n) is 5.47. The molecule has 0 spiro atoms. The molecule has 1 aliphatic heterocycles. The summed E-state index contributed by atoms with van der Waals surface area (Å²) in [4.78, 5) is 14.9. The quantitative estimate of drug-likeness (QED) is 0.406. The summed E-state index contributed by atoms with van der Waals surface area (Å²) in [5.74, 6) is 0.911. The highest BCUT2D eigenvalue weighted by atomic mass is 28.4. The minimum atomic E-state index is -2.75. The summed E-state index contributed by atoms with van der Waals surface area (Å²) >= 11 is 0. The zero-order valence-corrected chi connectivity index (χ0v) is 25.6. The van der Waals surface area contributed by atoms with Crippen LogP contribution in [0.3, 0.4) is 0 Å². The maximum Gasteiger partial charge on any atom is 0.410 e. The summed E-state index contributed by atoms with van der Waals surface area (Å²) in [5, 5.41) is 5.83. The molecule has 1 heterocycles. The van der Waals surface area contributed by atoms with E-state index in [-0.39, 0.29) is 17.2 Å². The maximum atomic E-state index is 13.0.